The van der Waals surface area contributed by atoms with Gasteiger partial charge in [-0.1, -0.05) is 18.2 Å². The molecule has 9 heteroatoms. The summed E-state index contributed by atoms with van der Waals surface area (Å²) in [5.41, 5.74) is 9.59. The first-order valence-electron chi connectivity index (χ1n) is 8.17. The number of nitrogens with two attached hydrogens (primary N) is 1. The van der Waals surface area contributed by atoms with Crippen LogP contribution in [0, 0.1) is 11.8 Å². The van der Waals surface area contributed by atoms with Crippen molar-refractivity contribution in [1.82, 2.24) is 19.7 Å². The maximum atomic E-state index is 11.1. The first-order valence-corrected chi connectivity index (χ1v) is 8.17. The molecule has 0 fully saturated rings. The van der Waals surface area contributed by atoms with Crippen LogP contribution in [0.1, 0.15) is 16.8 Å². The number of hydrogen-bond donors (Lipinski definition) is 1. The fraction of sp³-hybridized carbons (Fsp3) is 0.222. The molecule has 0 atom stereocenters. The number of hydrogen-bond acceptors (Lipinski definition) is 7. The van der Waals surface area contributed by atoms with Crippen LogP contribution in [-0.4, -0.2) is 32.3 Å². The van der Waals surface area contributed by atoms with Crippen molar-refractivity contribution in [2.24, 2.45) is 12.2 Å². The molecule has 0 spiro atoms. The van der Waals surface area contributed by atoms with E-state index in [4.69, 9.17) is 10.5 Å². The predicted octanol–water partition coefficient (Wildman–Crippen LogP) is 2.03. The zero-order valence-electron chi connectivity index (χ0n) is 14.9. The third-order valence-corrected chi connectivity index (χ3v) is 3.83. The van der Waals surface area contributed by atoms with Crippen molar-refractivity contribution in [1.29, 1.82) is 0 Å². The van der Waals surface area contributed by atoms with Gasteiger partial charge < -0.3 is 10.5 Å². The van der Waals surface area contributed by atoms with Gasteiger partial charge in [0.25, 0.3) is 0 Å². The van der Waals surface area contributed by atoms with E-state index < -0.39 is 12.5 Å². The van der Waals surface area contributed by atoms with E-state index in [-0.39, 0.29) is 5.95 Å². The summed E-state index contributed by atoms with van der Waals surface area (Å²) in [6.45, 7) is 1.44. The molecule has 0 bridgehead atoms. The molecule has 0 saturated heterocycles. The molecule has 0 aliphatic carbocycles. The Morgan fingerprint density at radius 2 is 2.04 bits per heavy atom. The van der Waals surface area contributed by atoms with E-state index in [0.717, 1.165) is 16.8 Å². The van der Waals surface area contributed by atoms with E-state index in [1.54, 1.807) is 16.8 Å². The quantitative estimate of drug-likeness (QED) is 0.662. The van der Waals surface area contributed by atoms with E-state index in [1.807, 2.05) is 38.4 Å². The highest BCUT2D eigenvalue weighted by Gasteiger charge is 2.16. The molecule has 27 heavy (non-hydrogen) atoms. The van der Waals surface area contributed by atoms with Crippen LogP contribution in [-0.2, 0) is 18.3 Å². The Morgan fingerprint density at radius 3 is 2.78 bits per heavy atom. The molecule has 0 saturated carbocycles. The Morgan fingerprint density at radius 1 is 1.26 bits per heavy atom. The van der Waals surface area contributed by atoms with Crippen molar-refractivity contribution in [2.45, 2.75) is 13.3 Å². The molecule has 0 unspecified atom stereocenters. The van der Waals surface area contributed by atoms with Crippen molar-refractivity contribution in [3.05, 3.63) is 58.3 Å². The summed E-state index contributed by atoms with van der Waals surface area (Å²) in [5.74, 6) is -0.174. The highest BCUT2D eigenvalue weighted by atomic mass is 16.5. The highest BCUT2D eigenvalue weighted by molar-refractivity contribution is 5.78. The lowest BCUT2D eigenvalue weighted by Gasteiger charge is -2.10. The van der Waals surface area contributed by atoms with E-state index in [1.165, 1.54) is 0 Å². The van der Waals surface area contributed by atoms with Gasteiger partial charge in [-0.3, -0.25) is 9.48 Å². The second-order valence-corrected chi connectivity index (χ2v) is 5.99. The Balaban J connectivity index is 1.93. The molecule has 0 radical (unpaired) electrons. The number of carbonyl (C=O) groups excluding carboxylic acids is 1. The van der Waals surface area contributed by atoms with Crippen LogP contribution >= 0.6 is 0 Å². The Kier molecular flexibility index (Phi) is 5.20. The van der Waals surface area contributed by atoms with Crippen molar-refractivity contribution < 1.29 is 9.53 Å². The van der Waals surface area contributed by atoms with Gasteiger partial charge in [-0.25, -0.2) is 9.97 Å². The number of para-hydroxylation sites is 1. The summed E-state index contributed by atoms with van der Waals surface area (Å²) in [5, 5.41) is 6.83. The van der Waals surface area contributed by atoms with Gasteiger partial charge >= 0.3 is 5.91 Å². The first-order chi connectivity index (χ1) is 13.0. The number of nitrogens with zero attached hydrogens (tertiary/aromatic N) is 5. The van der Waals surface area contributed by atoms with Crippen molar-refractivity contribution >= 4 is 11.9 Å². The zero-order valence-corrected chi connectivity index (χ0v) is 14.9. The summed E-state index contributed by atoms with van der Waals surface area (Å²) in [6, 6.07) is 9.08. The molecule has 0 aliphatic rings. The van der Waals surface area contributed by atoms with Crippen molar-refractivity contribution in [3.8, 4) is 17.1 Å². The second-order valence-electron chi connectivity index (χ2n) is 5.99. The van der Waals surface area contributed by atoms with Crippen LogP contribution < -0.4 is 10.5 Å². The van der Waals surface area contributed by atoms with E-state index in [0.29, 0.717) is 23.6 Å². The fourth-order valence-electron chi connectivity index (χ4n) is 2.76. The molecular weight excluding hydrogens is 348 g/mol. The van der Waals surface area contributed by atoms with Gasteiger partial charge in [0.2, 0.25) is 5.95 Å². The number of amides is 1. The zero-order chi connectivity index (χ0) is 19.4. The van der Waals surface area contributed by atoms with Gasteiger partial charge in [-0.05, 0) is 24.6 Å². The molecule has 138 valence electrons. The number of nitroso groups, excluding NO2 is 1. The van der Waals surface area contributed by atoms with Crippen molar-refractivity contribution in [3.63, 3.8) is 0 Å². The van der Waals surface area contributed by atoms with Gasteiger partial charge in [0, 0.05) is 36.1 Å². The monoisotopic (exact) mass is 366 g/mol. The number of carbonyl (C=O) groups is 1. The Labute approximate surface area is 155 Å². The maximum Gasteiger partial charge on any atom is 0.323 e. The minimum absolute atomic E-state index is 0.185. The minimum atomic E-state index is -0.862. The third kappa shape index (κ3) is 4.32. The van der Waals surface area contributed by atoms with Crippen LogP contribution in [0.15, 0.2) is 41.7 Å². The highest BCUT2D eigenvalue weighted by Crippen LogP contribution is 2.27. The van der Waals surface area contributed by atoms with Gasteiger partial charge in [-0.2, -0.15) is 5.10 Å². The molecule has 0 aliphatic heterocycles. The molecule has 1 aromatic carbocycles. The van der Waals surface area contributed by atoms with Gasteiger partial charge in [0.1, 0.15) is 11.4 Å². The van der Waals surface area contributed by atoms with Crippen LogP contribution in [0.2, 0.25) is 0 Å². The summed E-state index contributed by atoms with van der Waals surface area (Å²) >= 11 is 0. The summed E-state index contributed by atoms with van der Waals surface area (Å²) < 4.78 is 7.13. The second kappa shape index (κ2) is 7.73. The fourth-order valence-corrected chi connectivity index (χ4v) is 2.76. The number of benzene rings is 1. The predicted molar refractivity (Wildman–Crippen MR) is 98.9 cm³/mol. The molecule has 2 heterocycles. The smallest absolute Gasteiger partial charge is 0.323 e. The normalized spacial score (nSPS) is 10.6. The molecule has 2 aromatic heterocycles. The van der Waals surface area contributed by atoms with Crippen LogP contribution in [0.5, 0.6) is 5.75 Å². The Bertz CT molecular complexity index is 978. The summed E-state index contributed by atoms with van der Waals surface area (Å²) in [6.07, 6.45) is 2.38. The molecule has 3 rings (SSSR count). The van der Waals surface area contributed by atoms with E-state index in [2.05, 4.69) is 20.2 Å². The summed E-state index contributed by atoms with van der Waals surface area (Å²) in [7, 11) is 1.82. The molecular formula is C18H18N6O3. The number of rotatable bonds is 6. The number of aromatic nitrogens is 4. The Hall–Kier alpha value is -3.62. The van der Waals surface area contributed by atoms with Gasteiger partial charge in [0.15, 0.2) is 6.61 Å². The number of aryl methyl sites for hydroxylation is 2. The van der Waals surface area contributed by atoms with Crippen molar-refractivity contribution in [2.75, 3.05) is 12.3 Å². The standard InChI is InChI=1S/C18H18N6O3/c1-11-7-14(21-18(19)20-11)17-13(9-24(2)22-17)8-12-5-3-4-6-15(12)27-10-16(25)23-26/h3-7,9H,8,10H2,1-2H3,(H2,19,20,21). The number of ether oxygens (including phenoxy) is 1. The molecule has 3 aromatic rings. The average Bonchev–Trinajstić information content (AvgIpc) is 3.00. The summed E-state index contributed by atoms with van der Waals surface area (Å²) in [4.78, 5) is 29.7. The van der Waals surface area contributed by atoms with Crippen LogP contribution in [0.4, 0.5) is 5.95 Å². The number of nitrogen functional groups attached to an aromatic ring is 1. The lowest BCUT2D eigenvalue weighted by atomic mass is 10.0. The first kappa shape index (κ1) is 18.2. The third-order valence-electron chi connectivity index (χ3n) is 3.83. The van der Waals surface area contributed by atoms with Gasteiger partial charge in [-0.15, -0.1) is 4.91 Å². The van der Waals surface area contributed by atoms with E-state index in [9.17, 15) is 9.70 Å². The SMILES string of the molecule is Cc1cc(-c2nn(C)cc2Cc2ccccc2OCC(=O)N=O)nc(N)n1. The lowest BCUT2D eigenvalue weighted by Crippen LogP contribution is -2.09. The largest absolute Gasteiger partial charge is 0.483 e. The maximum absolute atomic E-state index is 11.1. The molecule has 2 N–H and O–H groups in total. The molecule has 9 nitrogen and oxygen atoms in total. The van der Waals surface area contributed by atoms with Crippen LogP contribution in [0.25, 0.3) is 11.4 Å². The average molecular weight is 366 g/mol. The molecule has 1 amide bonds. The lowest BCUT2D eigenvalue weighted by molar-refractivity contribution is -0.119. The van der Waals surface area contributed by atoms with Crippen LogP contribution in [0.3, 0.4) is 0 Å². The number of anilines is 1. The topological polar surface area (TPSA) is 125 Å². The van der Waals surface area contributed by atoms with E-state index >= 15 is 0 Å². The minimum Gasteiger partial charge on any atom is -0.483 e. The van der Waals surface area contributed by atoms with Gasteiger partial charge in [0.05, 0.1) is 5.69 Å².